The van der Waals surface area contributed by atoms with E-state index in [1.165, 1.54) is 6.07 Å². The second-order valence-electron chi connectivity index (χ2n) is 5.70. The average molecular weight is 286 g/mol. The van der Waals surface area contributed by atoms with Crippen LogP contribution in [0.2, 0.25) is 5.02 Å². The second kappa shape index (κ2) is 6.21. The molecule has 1 N–H and O–H groups in total. The zero-order valence-corrected chi connectivity index (χ0v) is 12.1. The van der Waals surface area contributed by atoms with Gasteiger partial charge < -0.3 is 10.0 Å². The first-order chi connectivity index (χ1) is 9.04. The summed E-state index contributed by atoms with van der Waals surface area (Å²) in [5.74, 6) is -0.355. The van der Waals surface area contributed by atoms with Crippen LogP contribution in [0.4, 0.5) is 4.39 Å². The van der Waals surface area contributed by atoms with Gasteiger partial charge in [0.05, 0.1) is 5.02 Å². The van der Waals surface area contributed by atoms with Gasteiger partial charge in [-0.15, -0.1) is 0 Å². The monoisotopic (exact) mass is 285 g/mol. The maximum atomic E-state index is 13.5. The fraction of sp³-hybridized carbons (Fsp3) is 0.600. The molecule has 106 valence electrons. The molecule has 19 heavy (non-hydrogen) atoms. The quantitative estimate of drug-likeness (QED) is 0.919. The van der Waals surface area contributed by atoms with Crippen molar-refractivity contribution in [1.82, 2.24) is 4.90 Å². The lowest BCUT2D eigenvalue weighted by Gasteiger charge is -2.40. The van der Waals surface area contributed by atoms with Gasteiger partial charge in [-0.3, -0.25) is 0 Å². The van der Waals surface area contributed by atoms with E-state index in [1.807, 2.05) is 6.07 Å². The maximum Gasteiger partial charge on any atom is 0.142 e. The molecule has 0 unspecified atom stereocenters. The van der Waals surface area contributed by atoms with Crippen LogP contribution < -0.4 is 0 Å². The van der Waals surface area contributed by atoms with Crippen LogP contribution in [-0.2, 0) is 6.42 Å². The smallest absolute Gasteiger partial charge is 0.142 e. The number of nitrogens with zero attached hydrogens (tertiary/aromatic N) is 1. The molecule has 4 heteroatoms. The minimum Gasteiger partial charge on any atom is -0.396 e. The molecule has 0 radical (unpaired) electrons. The molecule has 1 aliphatic heterocycles. The predicted molar refractivity (Wildman–Crippen MR) is 76.0 cm³/mol. The van der Waals surface area contributed by atoms with Gasteiger partial charge >= 0.3 is 0 Å². The Hall–Kier alpha value is -0.640. The number of aliphatic hydroxyl groups excluding tert-OH is 1. The van der Waals surface area contributed by atoms with Crippen molar-refractivity contribution in [3.63, 3.8) is 0 Å². The van der Waals surface area contributed by atoms with Crippen LogP contribution >= 0.6 is 11.6 Å². The molecule has 0 amide bonds. The summed E-state index contributed by atoms with van der Waals surface area (Å²) in [6.07, 6.45) is 3.70. The van der Waals surface area contributed by atoms with Crippen molar-refractivity contribution in [2.24, 2.45) is 5.41 Å². The van der Waals surface area contributed by atoms with Crippen LogP contribution in [0, 0.1) is 11.2 Å². The summed E-state index contributed by atoms with van der Waals surface area (Å²) in [7, 11) is 2.12. The molecular formula is C15H21ClFNO. The molecule has 1 fully saturated rings. The third-order valence-corrected chi connectivity index (χ3v) is 4.56. The van der Waals surface area contributed by atoms with Crippen molar-refractivity contribution in [1.29, 1.82) is 0 Å². The van der Waals surface area contributed by atoms with Crippen molar-refractivity contribution in [3.05, 3.63) is 34.6 Å². The Bertz CT molecular complexity index is 430. The first-order valence-electron chi connectivity index (χ1n) is 6.78. The van der Waals surface area contributed by atoms with Gasteiger partial charge in [0.25, 0.3) is 0 Å². The van der Waals surface area contributed by atoms with E-state index in [0.717, 1.165) is 44.3 Å². The summed E-state index contributed by atoms with van der Waals surface area (Å²) in [4.78, 5) is 2.30. The molecule has 1 aliphatic rings. The lowest BCUT2D eigenvalue weighted by Crippen LogP contribution is -2.39. The zero-order chi connectivity index (χ0) is 13.9. The highest BCUT2D eigenvalue weighted by atomic mass is 35.5. The van der Waals surface area contributed by atoms with Gasteiger partial charge in [0, 0.05) is 6.61 Å². The van der Waals surface area contributed by atoms with Crippen LogP contribution in [-0.4, -0.2) is 36.8 Å². The third kappa shape index (κ3) is 3.68. The molecule has 1 heterocycles. The van der Waals surface area contributed by atoms with Gasteiger partial charge in [0.15, 0.2) is 0 Å². The standard InChI is InChI=1S/C15H21ClFNO/c1-18-7-4-15(5-8-18,6-9-19)11-12-2-3-13(16)14(17)10-12/h2-3,10,19H,4-9,11H2,1H3. The summed E-state index contributed by atoms with van der Waals surface area (Å²) in [5, 5.41) is 9.49. The number of halogens is 2. The normalized spacial score (nSPS) is 19.6. The highest BCUT2D eigenvalue weighted by Crippen LogP contribution is 2.38. The van der Waals surface area contributed by atoms with E-state index < -0.39 is 0 Å². The van der Waals surface area contributed by atoms with E-state index in [4.69, 9.17) is 11.6 Å². The maximum absolute atomic E-state index is 13.5. The topological polar surface area (TPSA) is 23.5 Å². The van der Waals surface area contributed by atoms with Crippen LogP contribution in [0.25, 0.3) is 0 Å². The highest BCUT2D eigenvalue weighted by molar-refractivity contribution is 6.30. The minimum absolute atomic E-state index is 0.0987. The molecule has 0 bridgehead atoms. The Labute approximate surface area is 119 Å². The van der Waals surface area contributed by atoms with E-state index >= 15 is 0 Å². The van der Waals surface area contributed by atoms with Crippen molar-refractivity contribution in [2.45, 2.75) is 25.7 Å². The first-order valence-corrected chi connectivity index (χ1v) is 7.16. The Morgan fingerprint density at radius 1 is 1.37 bits per heavy atom. The first kappa shape index (κ1) is 14.8. The van der Waals surface area contributed by atoms with Crippen LogP contribution in [0.15, 0.2) is 18.2 Å². The number of benzene rings is 1. The van der Waals surface area contributed by atoms with Crippen LogP contribution in [0.5, 0.6) is 0 Å². The number of aliphatic hydroxyl groups is 1. The molecule has 0 saturated carbocycles. The van der Waals surface area contributed by atoms with Gasteiger partial charge in [-0.25, -0.2) is 4.39 Å². The molecule has 1 aromatic rings. The van der Waals surface area contributed by atoms with E-state index in [9.17, 15) is 9.50 Å². The molecule has 0 spiro atoms. The summed E-state index contributed by atoms with van der Waals surface area (Å²) in [5.41, 5.74) is 1.07. The van der Waals surface area contributed by atoms with Crippen molar-refractivity contribution in [3.8, 4) is 0 Å². The molecule has 1 saturated heterocycles. The number of hydrogen-bond donors (Lipinski definition) is 1. The molecule has 1 aromatic carbocycles. The molecule has 0 aliphatic carbocycles. The zero-order valence-electron chi connectivity index (χ0n) is 11.3. The predicted octanol–water partition coefficient (Wildman–Crippen LogP) is 3.12. The van der Waals surface area contributed by atoms with Crippen molar-refractivity contribution >= 4 is 11.6 Å². The summed E-state index contributed by atoms with van der Waals surface area (Å²) in [6, 6.07) is 5.04. The van der Waals surface area contributed by atoms with E-state index in [1.54, 1.807) is 6.07 Å². The van der Waals surface area contributed by atoms with Gasteiger partial charge in [-0.1, -0.05) is 17.7 Å². The van der Waals surface area contributed by atoms with Crippen LogP contribution in [0.3, 0.4) is 0 Å². The Morgan fingerprint density at radius 3 is 2.63 bits per heavy atom. The van der Waals surface area contributed by atoms with Crippen LogP contribution in [0.1, 0.15) is 24.8 Å². The molecular weight excluding hydrogens is 265 g/mol. The SMILES string of the molecule is CN1CCC(CCO)(Cc2ccc(Cl)c(F)c2)CC1. The lowest BCUT2D eigenvalue weighted by atomic mass is 9.71. The molecule has 0 aromatic heterocycles. The minimum atomic E-state index is -0.355. The van der Waals surface area contributed by atoms with Crippen molar-refractivity contribution in [2.75, 3.05) is 26.7 Å². The molecule has 2 nitrogen and oxygen atoms in total. The average Bonchev–Trinajstić information content (AvgIpc) is 2.38. The van der Waals surface area contributed by atoms with Gasteiger partial charge in [0.2, 0.25) is 0 Å². The number of likely N-dealkylation sites (tertiary alicyclic amines) is 1. The van der Waals surface area contributed by atoms with Gasteiger partial charge in [-0.05, 0) is 68.9 Å². The third-order valence-electron chi connectivity index (χ3n) is 4.25. The number of hydrogen-bond acceptors (Lipinski definition) is 2. The van der Waals surface area contributed by atoms with Gasteiger partial charge in [-0.2, -0.15) is 0 Å². The molecule has 2 rings (SSSR count). The number of piperidine rings is 1. The van der Waals surface area contributed by atoms with E-state index in [2.05, 4.69) is 11.9 Å². The summed E-state index contributed by atoms with van der Waals surface area (Å²) >= 11 is 5.72. The summed E-state index contributed by atoms with van der Waals surface area (Å²) in [6.45, 7) is 2.27. The molecule has 0 atom stereocenters. The highest BCUT2D eigenvalue weighted by Gasteiger charge is 2.33. The lowest BCUT2D eigenvalue weighted by molar-refractivity contribution is 0.0884. The Morgan fingerprint density at radius 2 is 2.05 bits per heavy atom. The summed E-state index contributed by atoms with van der Waals surface area (Å²) < 4.78 is 13.5. The number of rotatable bonds is 4. The largest absolute Gasteiger partial charge is 0.396 e. The fourth-order valence-electron chi connectivity index (χ4n) is 2.93. The van der Waals surface area contributed by atoms with Crippen molar-refractivity contribution < 1.29 is 9.50 Å². The Kier molecular flexibility index (Phi) is 4.82. The fourth-order valence-corrected chi connectivity index (χ4v) is 3.05. The second-order valence-corrected chi connectivity index (χ2v) is 6.11. The Balaban J connectivity index is 2.13. The van der Waals surface area contributed by atoms with Gasteiger partial charge in [0.1, 0.15) is 5.82 Å². The van der Waals surface area contributed by atoms with E-state index in [-0.39, 0.29) is 22.9 Å². The van der Waals surface area contributed by atoms with E-state index in [0.29, 0.717) is 0 Å².